The minimum absolute atomic E-state index is 0.0334. The summed E-state index contributed by atoms with van der Waals surface area (Å²) >= 11 is 3.39. The average Bonchev–Trinajstić information content (AvgIpc) is 2.87. The number of anilines is 1. The largest absolute Gasteiger partial charge is 0.496 e. The van der Waals surface area contributed by atoms with E-state index in [-0.39, 0.29) is 17.9 Å². The molecule has 2 rings (SSSR count). The van der Waals surface area contributed by atoms with Gasteiger partial charge in [-0.05, 0) is 41.2 Å². The Kier molecular flexibility index (Phi) is 4.79. The van der Waals surface area contributed by atoms with Gasteiger partial charge in [-0.2, -0.15) is 0 Å². The molecule has 5 nitrogen and oxygen atoms in total. The molecule has 1 fully saturated rings. The maximum Gasteiger partial charge on any atom is 0.231 e. The molecule has 0 aromatic heterocycles. The van der Waals surface area contributed by atoms with E-state index in [2.05, 4.69) is 26.6 Å². The van der Waals surface area contributed by atoms with Gasteiger partial charge in [0.15, 0.2) is 0 Å². The highest BCUT2D eigenvalue weighted by molar-refractivity contribution is 9.10. The molecule has 1 saturated heterocycles. The van der Waals surface area contributed by atoms with E-state index in [0.717, 1.165) is 15.9 Å². The predicted molar refractivity (Wildman–Crippen MR) is 76.5 cm³/mol. The Bertz CT molecular complexity index is 467. The summed E-state index contributed by atoms with van der Waals surface area (Å²) < 4.78 is 11.3. The molecule has 0 bridgehead atoms. The highest BCUT2D eigenvalue weighted by Gasteiger charge is 2.32. The Morgan fingerprint density at radius 2 is 2.26 bits per heavy atom. The number of halogens is 1. The van der Waals surface area contributed by atoms with Gasteiger partial charge in [0, 0.05) is 11.7 Å². The summed E-state index contributed by atoms with van der Waals surface area (Å²) in [6.07, 6.45) is 0. The van der Waals surface area contributed by atoms with E-state index in [4.69, 9.17) is 9.47 Å². The van der Waals surface area contributed by atoms with E-state index in [1.54, 1.807) is 13.2 Å². The van der Waals surface area contributed by atoms with Crippen molar-refractivity contribution in [1.82, 2.24) is 5.32 Å². The third kappa shape index (κ3) is 3.26. The molecule has 0 aliphatic carbocycles. The zero-order valence-corrected chi connectivity index (χ0v) is 12.5. The molecule has 104 valence electrons. The van der Waals surface area contributed by atoms with Gasteiger partial charge >= 0.3 is 0 Å². The molecule has 1 aliphatic heterocycles. The molecule has 2 atom stereocenters. The standard InChI is InChI=1S/C13H17BrN2O3/c1-15-11-7-19-6-9(11)13(17)16-8-3-4-12(18-2)10(14)5-8/h3-5,9,11,15H,6-7H2,1-2H3,(H,16,17). The van der Waals surface area contributed by atoms with E-state index in [9.17, 15) is 4.79 Å². The van der Waals surface area contributed by atoms with E-state index >= 15 is 0 Å². The summed E-state index contributed by atoms with van der Waals surface area (Å²) in [6, 6.07) is 5.51. The molecule has 0 radical (unpaired) electrons. The van der Waals surface area contributed by atoms with Gasteiger partial charge in [-0.15, -0.1) is 0 Å². The monoisotopic (exact) mass is 328 g/mol. The van der Waals surface area contributed by atoms with Crippen molar-refractivity contribution in [3.05, 3.63) is 22.7 Å². The fourth-order valence-corrected chi connectivity index (χ4v) is 2.62. The third-order valence-corrected chi connectivity index (χ3v) is 3.83. The lowest BCUT2D eigenvalue weighted by atomic mass is 10.0. The summed E-state index contributed by atoms with van der Waals surface area (Å²) in [4.78, 5) is 12.2. The summed E-state index contributed by atoms with van der Waals surface area (Å²) in [5.74, 6) is 0.537. The minimum Gasteiger partial charge on any atom is -0.496 e. The number of methoxy groups -OCH3 is 1. The lowest BCUT2D eigenvalue weighted by Gasteiger charge is -2.16. The van der Waals surface area contributed by atoms with Crippen molar-refractivity contribution < 1.29 is 14.3 Å². The minimum atomic E-state index is -0.161. The van der Waals surface area contributed by atoms with Gasteiger partial charge < -0.3 is 20.1 Å². The molecule has 1 aromatic carbocycles. The van der Waals surface area contributed by atoms with Crippen LogP contribution < -0.4 is 15.4 Å². The van der Waals surface area contributed by atoms with E-state index in [0.29, 0.717) is 13.2 Å². The molecule has 6 heteroatoms. The van der Waals surface area contributed by atoms with Gasteiger partial charge in [0.1, 0.15) is 5.75 Å². The van der Waals surface area contributed by atoms with Crippen molar-refractivity contribution in [3.8, 4) is 5.75 Å². The first kappa shape index (κ1) is 14.3. The van der Waals surface area contributed by atoms with Crippen molar-refractivity contribution in [2.75, 3.05) is 32.7 Å². The van der Waals surface area contributed by atoms with Crippen LogP contribution in [0, 0.1) is 5.92 Å². The molecule has 2 unspecified atom stereocenters. The fourth-order valence-electron chi connectivity index (χ4n) is 2.08. The lowest BCUT2D eigenvalue weighted by Crippen LogP contribution is -2.39. The number of rotatable bonds is 4. The number of hydrogen-bond donors (Lipinski definition) is 2. The van der Waals surface area contributed by atoms with Gasteiger partial charge in [0.25, 0.3) is 0 Å². The Morgan fingerprint density at radius 3 is 2.89 bits per heavy atom. The maximum absolute atomic E-state index is 12.2. The van der Waals surface area contributed by atoms with Crippen molar-refractivity contribution in [3.63, 3.8) is 0 Å². The molecule has 1 heterocycles. The Hall–Kier alpha value is -1.11. The fraction of sp³-hybridized carbons (Fsp3) is 0.462. The molecule has 0 saturated carbocycles. The van der Waals surface area contributed by atoms with E-state index in [1.165, 1.54) is 0 Å². The molecule has 1 amide bonds. The quantitative estimate of drug-likeness (QED) is 0.882. The number of benzene rings is 1. The second-order valence-corrected chi connectivity index (χ2v) is 5.23. The van der Waals surface area contributed by atoms with Crippen LogP contribution in [0.25, 0.3) is 0 Å². The Labute approximate surface area is 120 Å². The Morgan fingerprint density at radius 1 is 1.47 bits per heavy atom. The lowest BCUT2D eigenvalue weighted by molar-refractivity contribution is -0.120. The average molecular weight is 329 g/mol. The van der Waals surface area contributed by atoms with Crippen LogP contribution in [0.2, 0.25) is 0 Å². The predicted octanol–water partition coefficient (Wildman–Crippen LogP) is 1.63. The number of ether oxygens (including phenoxy) is 2. The van der Waals surface area contributed by atoms with Crippen molar-refractivity contribution >= 4 is 27.5 Å². The molecule has 1 aliphatic rings. The second kappa shape index (κ2) is 6.36. The molecule has 19 heavy (non-hydrogen) atoms. The molecular weight excluding hydrogens is 312 g/mol. The molecule has 1 aromatic rings. The highest BCUT2D eigenvalue weighted by atomic mass is 79.9. The summed E-state index contributed by atoms with van der Waals surface area (Å²) in [5.41, 5.74) is 0.736. The van der Waals surface area contributed by atoms with E-state index in [1.807, 2.05) is 19.2 Å². The third-order valence-electron chi connectivity index (χ3n) is 3.21. The number of hydrogen-bond acceptors (Lipinski definition) is 4. The first-order valence-corrected chi connectivity index (χ1v) is 6.84. The number of amides is 1. The zero-order valence-electron chi connectivity index (χ0n) is 10.9. The topological polar surface area (TPSA) is 59.6 Å². The maximum atomic E-state index is 12.2. The van der Waals surface area contributed by atoms with Gasteiger partial charge in [0.2, 0.25) is 5.91 Å². The van der Waals surface area contributed by atoms with Crippen LogP contribution in [0.5, 0.6) is 5.75 Å². The second-order valence-electron chi connectivity index (χ2n) is 4.38. The molecule has 2 N–H and O–H groups in total. The molecular formula is C13H17BrN2O3. The summed E-state index contributed by atoms with van der Waals surface area (Å²) in [5, 5.41) is 5.99. The van der Waals surface area contributed by atoms with Crippen LogP contribution in [0.1, 0.15) is 0 Å². The van der Waals surface area contributed by atoms with Gasteiger partial charge in [0.05, 0.1) is 30.7 Å². The zero-order chi connectivity index (χ0) is 13.8. The normalized spacial score (nSPS) is 22.3. The number of likely N-dealkylation sites (N-methyl/N-ethyl adjacent to an activating group) is 1. The van der Waals surface area contributed by atoms with Gasteiger partial charge in [-0.25, -0.2) is 0 Å². The summed E-state index contributed by atoms with van der Waals surface area (Å²) in [6.45, 7) is 1.02. The number of carbonyl (C=O) groups excluding carboxylic acids is 1. The number of carbonyl (C=O) groups is 1. The highest BCUT2D eigenvalue weighted by Crippen LogP contribution is 2.28. The van der Waals surface area contributed by atoms with Crippen molar-refractivity contribution in [2.24, 2.45) is 5.92 Å². The van der Waals surface area contributed by atoms with Crippen LogP contribution in [0.4, 0.5) is 5.69 Å². The van der Waals surface area contributed by atoms with Crippen LogP contribution in [-0.2, 0) is 9.53 Å². The van der Waals surface area contributed by atoms with Crippen LogP contribution in [-0.4, -0.2) is 39.3 Å². The van der Waals surface area contributed by atoms with Crippen LogP contribution >= 0.6 is 15.9 Å². The van der Waals surface area contributed by atoms with Crippen molar-refractivity contribution in [1.29, 1.82) is 0 Å². The van der Waals surface area contributed by atoms with E-state index < -0.39 is 0 Å². The Balaban J connectivity index is 2.04. The van der Waals surface area contributed by atoms with Crippen LogP contribution in [0.15, 0.2) is 22.7 Å². The first-order valence-electron chi connectivity index (χ1n) is 6.05. The van der Waals surface area contributed by atoms with Crippen molar-refractivity contribution in [2.45, 2.75) is 6.04 Å². The smallest absolute Gasteiger partial charge is 0.231 e. The van der Waals surface area contributed by atoms with Gasteiger partial charge in [-0.3, -0.25) is 4.79 Å². The molecule has 0 spiro atoms. The van der Waals surface area contributed by atoms with Crippen LogP contribution in [0.3, 0.4) is 0 Å². The first-order chi connectivity index (χ1) is 9.15. The summed E-state index contributed by atoms with van der Waals surface area (Å²) in [7, 11) is 3.44. The van der Waals surface area contributed by atoms with Gasteiger partial charge in [-0.1, -0.05) is 0 Å². The number of nitrogens with one attached hydrogen (secondary N) is 2. The SMILES string of the molecule is CNC1COCC1C(=O)Nc1ccc(OC)c(Br)c1.